The topological polar surface area (TPSA) is 56.3 Å². The van der Waals surface area contributed by atoms with Crippen LogP contribution in [-0.4, -0.2) is 9.97 Å². The first-order valence-corrected chi connectivity index (χ1v) is 2.12. The molecule has 0 aliphatic carbocycles. The van der Waals surface area contributed by atoms with Gasteiger partial charge < -0.3 is 0 Å². The van der Waals surface area contributed by atoms with Crippen LogP contribution in [0.3, 0.4) is 0 Å². The molecule has 0 N–H and O–H groups in total. The SMILES string of the molecule is Cc1cnccn1.[N]. The van der Waals surface area contributed by atoms with Crippen LogP contribution in [0.1, 0.15) is 5.69 Å². The molecule has 0 spiro atoms. The molecular weight excluding hydrogens is 102 g/mol. The Morgan fingerprint density at radius 3 is 2.38 bits per heavy atom. The van der Waals surface area contributed by atoms with E-state index in [1.165, 1.54) is 0 Å². The molecule has 1 aromatic heterocycles. The minimum Gasteiger partial charge on any atom is -0.261 e. The molecule has 0 atom stereocenters. The van der Waals surface area contributed by atoms with E-state index in [9.17, 15) is 0 Å². The largest absolute Gasteiger partial charge is 0.261 e. The summed E-state index contributed by atoms with van der Waals surface area (Å²) >= 11 is 0. The van der Waals surface area contributed by atoms with Gasteiger partial charge in [-0.25, -0.2) is 0 Å². The molecule has 3 radical (unpaired) electrons. The summed E-state index contributed by atoms with van der Waals surface area (Å²) in [4.78, 5) is 7.74. The monoisotopic (exact) mass is 108 g/mol. The van der Waals surface area contributed by atoms with Gasteiger partial charge in [0, 0.05) is 24.7 Å². The Hall–Kier alpha value is -0.960. The number of hydrogen-bond acceptors (Lipinski definition) is 2. The van der Waals surface area contributed by atoms with Gasteiger partial charge in [0.2, 0.25) is 0 Å². The van der Waals surface area contributed by atoms with Crippen molar-refractivity contribution in [2.24, 2.45) is 0 Å². The summed E-state index contributed by atoms with van der Waals surface area (Å²) in [6.07, 6.45) is 5.06. The van der Waals surface area contributed by atoms with Crippen molar-refractivity contribution in [1.29, 1.82) is 0 Å². The average Bonchev–Trinajstić information content (AvgIpc) is 1.69. The van der Waals surface area contributed by atoms with Crippen molar-refractivity contribution < 1.29 is 0 Å². The van der Waals surface area contributed by atoms with Crippen LogP contribution in [0, 0.1) is 6.92 Å². The summed E-state index contributed by atoms with van der Waals surface area (Å²) in [6.45, 7) is 1.91. The Morgan fingerprint density at radius 2 is 2.12 bits per heavy atom. The molecule has 0 aliphatic rings. The molecular formula is C5H6N3. The summed E-state index contributed by atoms with van der Waals surface area (Å²) in [5.74, 6) is 0. The molecule has 0 saturated carbocycles. The van der Waals surface area contributed by atoms with Crippen molar-refractivity contribution in [3.8, 4) is 0 Å². The van der Waals surface area contributed by atoms with E-state index in [1.807, 2.05) is 6.92 Å². The molecule has 8 heavy (non-hydrogen) atoms. The van der Waals surface area contributed by atoms with Crippen LogP contribution < -0.4 is 6.15 Å². The highest BCUT2D eigenvalue weighted by Gasteiger charge is 1.74. The Labute approximate surface area is 48.4 Å². The molecule has 3 heteroatoms. The zero-order chi connectivity index (χ0) is 5.11. The fourth-order valence-electron chi connectivity index (χ4n) is 0.374. The minimum atomic E-state index is 0. The lowest BCUT2D eigenvalue weighted by molar-refractivity contribution is 1.12. The van der Waals surface area contributed by atoms with Crippen molar-refractivity contribution in [3.63, 3.8) is 0 Å². The predicted molar refractivity (Wildman–Crippen MR) is 28.9 cm³/mol. The van der Waals surface area contributed by atoms with E-state index in [0.717, 1.165) is 5.69 Å². The van der Waals surface area contributed by atoms with Crippen molar-refractivity contribution >= 4 is 0 Å². The lowest BCUT2D eigenvalue weighted by Crippen LogP contribution is -1.77. The van der Waals surface area contributed by atoms with Crippen LogP contribution in [0.5, 0.6) is 0 Å². The van der Waals surface area contributed by atoms with Gasteiger partial charge in [-0.1, -0.05) is 0 Å². The van der Waals surface area contributed by atoms with Gasteiger partial charge in [-0.05, 0) is 6.92 Å². The van der Waals surface area contributed by atoms with Crippen molar-refractivity contribution in [1.82, 2.24) is 16.1 Å². The highest BCUT2D eigenvalue weighted by atomic mass is 14.7. The maximum atomic E-state index is 3.92. The van der Waals surface area contributed by atoms with Gasteiger partial charge >= 0.3 is 0 Å². The molecule has 41 valence electrons. The normalized spacial score (nSPS) is 7.62. The van der Waals surface area contributed by atoms with Crippen LogP contribution >= 0.6 is 0 Å². The maximum Gasteiger partial charge on any atom is 0.0555 e. The van der Waals surface area contributed by atoms with E-state index in [1.54, 1.807) is 18.6 Å². The third-order valence-electron chi connectivity index (χ3n) is 0.692. The Kier molecular flexibility index (Phi) is 2.72. The molecule has 0 amide bonds. The Morgan fingerprint density at radius 1 is 1.38 bits per heavy atom. The van der Waals surface area contributed by atoms with Gasteiger partial charge in [0.25, 0.3) is 0 Å². The van der Waals surface area contributed by atoms with Crippen LogP contribution in [0.25, 0.3) is 0 Å². The first kappa shape index (κ1) is 7.04. The molecule has 0 aromatic carbocycles. The first-order chi connectivity index (χ1) is 3.39. The fourth-order valence-corrected chi connectivity index (χ4v) is 0.374. The predicted octanol–water partition coefficient (Wildman–Crippen LogP) is 0.304. The molecule has 3 nitrogen and oxygen atoms in total. The van der Waals surface area contributed by atoms with Gasteiger partial charge in [-0.15, -0.1) is 0 Å². The maximum absolute atomic E-state index is 3.92. The molecule has 0 saturated heterocycles. The number of aryl methyl sites for hydroxylation is 1. The molecule has 0 unspecified atom stereocenters. The van der Waals surface area contributed by atoms with Crippen molar-refractivity contribution in [3.05, 3.63) is 24.3 Å². The zero-order valence-electron chi connectivity index (χ0n) is 4.57. The zero-order valence-corrected chi connectivity index (χ0v) is 4.57. The minimum absolute atomic E-state index is 0. The molecule has 0 fully saturated rings. The summed E-state index contributed by atoms with van der Waals surface area (Å²) in [7, 11) is 0. The van der Waals surface area contributed by atoms with E-state index in [4.69, 9.17) is 0 Å². The quantitative estimate of drug-likeness (QED) is 0.480. The molecule has 1 rings (SSSR count). The highest BCUT2D eigenvalue weighted by Crippen LogP contribution is 1.81. The van der Waals surface area contributed by atoms with E-state index in [0.29, 0.717) is 0 Å². The highest BCUT2D eigenvalue weighted by molar-refractivity contribution is 4.88. The summed E-state index contributed by atoms with van der Waals surface area (Å²) in [5.41, 5.74) is 0.961. The molecule has 0 aliphatic heterocycles. The van der Waals surface area contributed by atoms with Crippen LogP contribution in [0.4, 0.5) is 0 Å². The summed E-state index contributed by atoms with van der Waals surface area (Å²) in [5, 5.41) is 0. The standard InChI is InChI=1S/C5H6N2.N/c1-5-4-6-2-3-7-5;/h2-4H,1H3;. The van der Waals surface area contributed by atoms with Gasteiger partial charge in [0.15, 0.2) is 0 Å². The van der Waals surface area contributed by atoms with E-state index >= 15 is 0 Å². The second kappa shape index (κ2) is 3.10. The van der Waals surface area contributed by atoms with Crippen LogP contribution in [-0.2, 0) is 0 Å². The van der Waals surface area contributed by atoms with E-state index in [-0.39, 0.29) is 6.15 Å². The first-order valence-electron chi connectivity index (χ1n) is 2.12. The smallest absolute Gasteiger partial charge is 0.0555 e. The van der Waals surface area contributed by atoms with Gasteiger partial charge in [-0.3, -0.25) is 9.97 Å². The molecule has 1 heterocycles. The second-order valence-electron chi connectivity index (χ2n) is 1.35. The number of hydrogen-bond donors (Lipinski definition) is 0. The molecule has 0 bridgehead atoms. The summed E-state index contributed by atoms with van der Waals surface area (Å²) < 4.78 is 0. The van der Waals surface area contributed by atoms with E-state index in [2.05, 4.69) is 9.97 Å². The lowest BCUT2D eigenvalue weighted by Gasteiger charge is -1.81. The van der Waals surface area contributed by atoms with Crippen LogP contribution in [0.2, 0.25) is 0 Å². The number of nitrogens with zero attached hydrogens (tertiary/aromatic N) is 3. The third kappa shape index (κ3) is 1.66. The lowest BCUT2D eigenvalue weighted by atomic mass is 10.5. The Balaban J connectivity index is 0.000000490. The van der Waals surface area contributed by atoms with Gasteiger partial charge in [-0.2, -0.15) is 0 Å². The second-order valence-corrected chi connectivity index (χ2v) is 1.35. The van der Waals surface area contributed by atoms with Crippen molar-refractivity contribution in [2.45, 2.75) is 6.92 Å². The average molecular weight is 108 g/mol. The fraction of sp³-hybridized carbons (Fsp3) is 0.200. The Bertz CT molecular complexity index is 138. The number of aromatic nitrogens is 2. The third-order valence-corrected chi connectivity index (χ3v) is 0.692. The van der Waals surface area contributed by atoms with Crippen molar-refractivity contribution in [2.75, 3.05) is 0 Å². The van der Waals surface area contributed by atoms with E-state index < -0.39 is 0 Å². The van der Waals surface area contributed by atoms with Crippen LogP contribution in [0.15, 0.2) is 18.6 Å². The van der Waals surface area contributed by atoms with Gasteiger partial charge in [0.05, 0.1) is 5.69 Å². The summed E-state index contributed by atoms with van der Waals surface area (Å²) in [6, 6.07) is 0. The molecule has 1 aromatic rings. The van der Waals surface area contributed by atoms with Gasteiger partial charge in [0.1, 0.15) is 0 Å². The number of rotatable bonds is 0.